The Bertz CT molecular complexity index is 1210. The van der Waals surface area contributed by atoms with Gasteiger partial charge in [-0.25, -0.2) is 0 Å². The minimum Gasteiger partial charge on any atom is -0.756 e. The van der Waals surface area contributed by atoms with E-state index in [0.29, 0.717) is 17.4 Å². The number of aliphatic hydroxyl groups excluding tert-OH is 1. The van der Waals surface area contributed by atoms with E-state index in [1.807, 2.05) is 27.2 Å². The van der Waals surface area contributed by atoms with Crippen LogP contribution in [0.3, 0.4) is 0 Å². The summed E-state index contributed by atoms with van der Waals surface area (Å²) < 4.78 is 23.2. The molecule has 3 atom stereocenters. The smallest absolute Gasteiger partial charge is 0.268 e. The summed E-state index contributed by atoms with van der Waals surface area (Å²) >= 11 is 0. The average molecular weight is 905 g/mol. The molecule has 0 aliphatic rings. The average Bonchev–Trinajstić information content (AvgIpc) is 3.24. The zero-order chi connectivity index (χ0) is 46.4. The first-order chi connectivity index (χ1) is 30.5. The molecule has 368 valence electrons. The summed E-state index contributed by atoms with van der Waals surface area (Å²) in [6.45, 7) is 4.58. The molecule has 0 aliphatic carbocycles. The van der Waals surface area contributed by atoms with E-state index < -0.39 is 26.6 Å². The fourth-order valence-electron chi connectivity index (χ4n) is 7.27. The number of hydrogen-bond donors (Lipinski definition) is 2. The van der Waals surface area contributed by atoms with Crippen LogP contribution in [-0.2, 0) is 18.4 Å². The highest BCUT2D eigenvalue weighted by Gasteiger charge is 2.23. The molecule has 0 rings (SSSR count). The molecular weight excluding hydrogens is 804 g/mol. The maximum absolute atomic E-state index is 12.9. The molecule has 9 heteroatoms. The number of carbonyl (C=O) groups is 1. The Morgan fingerprint density at radius 3 is 1.41 bits per heavy atom. The Kier molecular flexibility index (Phi) is 44.1. The highest BCUT2D eigenvalue weighted by Crippen LogP contribution is 2.38. The molecule has 0 saturated heterocycles. The second kappa shape index (κ2) is 45.4. The predicted molar refractivity (Wildman–Crippen MR) is 270 cm³/mol. The van der Waals surface area contributed by atoms with Crippen molar-refractivity contribution < 1.29 is 32.9 Å². The van der Waals surface area contributed by atoms with Crippen LogP contribution in [0.5, 0.6) is 0 Å². The van der Waals surface area contributed by atoms with E-state index in [1.165, 1.54) is 135 Å². The van der Waals surface area contributed by atoms with E-state index in [2.05, 4.69) is 67.8 Å². The van der Waals surface area contributed by atoms with E-state index in [4.69, 9.17) is 9.05 Å². The molecule has 0 aromatic heterocycles. The van der Waals surface area contributed by atoms with Gasteiger partial charge in [0.05, 0.1) is 39.9 Å². The fourth-order valence-corrected chi connectivity index (χ4v) is 8.00. The lowest BCUT2D eigenvalue weighted by Crippen LogP contribution is -2.45. The molecule has 0 fully saturated rings. The van der Waals surface area contributed by atoms with Gasteiger partial charge in [0, 0.05) is 6.42 Å². The van der Waals surface area contributed by atoms with Crippen LogP contribution in [0, 0.1) is 0 Å². The number of unbranched alkanes of at least 4 members (excludes halogenated alkanes) is 26. The van der Waals surface area contributed by atoms with Crippen LogP contribution in [0.15, 0.2) is 60.8 Å². The van der Waals surface area contributed by atoms with Crippen molar-refractivity contribution in [1.82, 2.24) is 5.32 Å². The zero-order valence-electron chi connectivity index (χ0n) is 41.8. The van der Waals surface area contributed by atoms with Gasteiger partial charge in [0.15, 0.2) is 0 Å². The lowest BCUT2D eigenvalue weighted by Gasteiger charge is -2.29. The number of allylic oxidation sites excluding steroid dienone is 9. The summed E-state index contributed by atoms with van der Waals surface area (Å²) in [4.78, 5) is 25.4. The van der Waals surface area contributed by atoms with Gasteiger partial charge in [-0.15, -0.1) is 0 Å². The van der Waals surface area contributed by atoms with Crippen LogP contribution >= 0.6 is 7.82 Å². The monoisotopic (exact) mass is 905 g/mol. The highest BCUT2D eigenvalue weighted by molar-refractivity contribution is 7.45. The summed E-state index contributed by atoms with van der Waals surface area (Å²) in [5.41, 5.74) is 0. The van der Waals surface area contributed by atoms with Gasteiger partial charge < -0.3 is 28.8 Å². The molecule has 0 heterocycles. The number of carbonyl (C=O) groups excluding carboxylic acids is 1. The normalized spacial score (nSPS) is 14.6. The first kappa shape index (κ1) is 61.2. The van der Waals surface area contributed by atoms with Crippen LogP contribution in [0.25, 0.3) is 0 Å². The van der Waals surface area contributed by atoms with Gasteiger partial charge in [0.1, 0.15) is 13.2 Å². The van der Waals surface area contributed by atoms with Crippen LogP contribution in [-0.4, -0.2) is 68.5 Å². The zero-order valence-corrected chi connectivity index (χ0v) is 42.7. The summed E-state index contributed by atoms with van der Waals surface area (Å²) in [7, 11) is 1.22. The van der Waals surface area contributed by atoms with Crippen molar-refractivity contribution in [3.8, 4) is 0 Å². The highest BCUT2D eigenvalue weighted by atomic mass is 31.2. The van der Waals surface area contributed by atoms with E-state index in [-0.39, 0.29) is 12.5 Å². The Hall–Kier alpha value is -1.80. The van der Waals surface area contributed by atoms with E-state index in [0.717, 1.165) is 70.6 Å². The molecule has 0 aromatic carbocycles. The number of amides is 1. The Balaban J connectivity index is 4.35. The van der Waals surface area contributed by atoms with Crippen molar-refractivity contribution in [1.29, 1.82) is 0 Å². The first-order valence-corrected chi connectivity index (χ1v) is 27.6. The van der Waals surface area contributed by atoms with Crippen molar-refractivity contribution in [2.45, 2.75) is 238 Å². The Morgan fingerprint density at radius 1 is 0.556 bits per heavy atom. The number of likely N-dealkylation sites (N-methyl/N-ethyl adjacent to an activating group) is 1. The van der Waals surface area contributed by atoms with Gasteiger partial charge in [0.2, 0.25) is 5.91 Å². The van der Waals surface area contributed by atoms with Crippen molar-refractivity contribution in [3.63, 3.8) is 0 Å². The molecule has 0 aromatic rings. The van der Waals surface area contributed by atoms with E-state index in [9.17, 15) is 19.4 Å². The SMILES string of the molecule is CCCCC/C=C\C/C=C\CCCCCCCC(=O)NC(COP(=O)([O-])OCC[N+](C)(C)C)C(O)/C=C/CC/C=C/CC/C=C/CCCCCCCCCCCCCCCCCC. The van der Waals surface area contributed by atoms with Crippen LogP contribution in [0.4, 0.5) is 0 Å². The van der Waals surface area contributed by atoms with Crippen molar-refractivity contribution in [2.75, 3.05) is 40.9 Å². The lowest BCUT2D eigenvalue weighted by molar-refractivity contribution is -0.870. The fraction of sp³-hybridized carbons (Fsp3) is 0.796. The molecular formula is C54H101N2O6P. The largest absolute Gasteiger partial charge is 0.756 e. The molecule has 0 bridgehead atoms. The number of phosphoric acid groups is 1. The standard InChI is InChI=1S/C54H101N2O6P/c1-6-8-10-12-14-16-18-20-22-23-24-25-26-27-28-29-30-31-32-34-35-37-39-41-43-45-47-53(57)52(51-62-63(59,60)61-50-49-56(3,4)5)55-54(58)48-46-44-42-40-38-36-33-21-19-17-15-13-11-9-7-2/h15,17,21,31-33,37,39,45,47,52-53,57H,6-14,16,18-20,22-30,34-36,38,40-44,46,48-51H2,1-5H3,(H-,55,58,59,60)/b17-15-,32-31+,33-21-,39-37+,47-45+. The minimum absolute atomic E-state index is 0.0139. The summed E-state index contributed by atoms with van der Waals surface area (Å²) in [6, 6.07) is -0.919. The topological polar surface area (TPSA) is 108 Å². The summed E-state index contributed by atoms with van der Waals surface area (Å²) in [5.74, 6) is -0.226. The molecule has 0 saturated carbocycles. The van der Waals surface area contributed by atoms with Crippen molar-refractivity contribution in [2.24, 2.45) is 0 Å². The van der Waals surface area contributed by atoms with Crippen LogP contribution < -0.4 is 10.2 Å². The summed E-state index contributed by atoms with van der Waals surface area (Å²) in [5, 5.41) is 13.8. The first-order valence-electron chi connectivity index (χ1n) is 26.2. The van der Waals surface area contributed by atoms with Gasteiger partial charge >= 0.3 is 0 Å². The maximum Gasteiger partial charge on any atom is 0.268 e. The van der Waals surface area contributed by atoms with Gasteiger partial charge in [0.25, 0.3) is 7.82 Å². The molecule has 1 amide bonds. The molecule has 63 heavy (non-hydrogen) atoms. The number of rotatable bonds is 47. The van der Waals surface area contributed by atoms with Gasteiger partial charge in [-0.05, 0) is 77.0 Å². The second-order valence-electron chi connectivity index (χ2n) is 18.9. The number of aliphatic hydroxyl groups is 1. The molecule has 2 N–H and O–H groups in total. The number of hydrogen-bond acceptors (Lipinski definition) is 6. The van der Waals surface area contributed by atoms with E-state index in [1.54, 1.807) is 6.08 Å². The van der Waals surface area contributed by atoms with Crippen molar-refractivity contribution >= 4 is 13.7 Å². The van der Waals surface area contributed by atoms with Crippen LogP contribution in [0.2, 0.25) is 0 Å². The third kappa shape index (κ3) is 48.0. The summed E-state index contributed by atoms with van der Waals surface area (Å²) in [6.07, 6.45) is 60.1. The van der Waals surface area contributed by atoms with Gasteiger partial charge in [-0.3, -0.25) is 9.36 Å². The number of nitrogens with one attached hydrogen (secondary N) is 1. The molecule has 0 spiro atoms. The molecule has 0 aliphatic heterocycles. The predicted octanol–water partition coefficient (Wildman–Crippen LogP) is 14.7. The maximum atomic E-state index is 12.9. The third-order valence-corrected chi connectivity index (χ3v) is 12.4. The Labute approximate surface area is 390 Å². The lowest BCUT2D eigenvalue weighted by atomic mass is 10.0. The molecule has 3 unspecified atom stereocenters. The van der Waals surface area contributed by atoms with Gasteiger partial charge in [-0.2, -0.15) is 0 Å². The number of quaternary nitrogens is 1. The minimum atomic E-state index is -4.61. The number of phosphoric ester groups is 1. The van der Waals surface area contributed by atoms with E-state index >= 15 is 0 Å². The second-order valence-corrected chi connectivity index (χ2v) is 20.3. The van der Waals surface area contributed by atoms with Gasteiger partial charge in [-0.1, -0.05) is 203 Å². The van der Waals surface area contributed by atoms with Crippen LogP contribution in [0.1, 0.15) is 226 Å². The van der Waals surface area contributed by atoms with Crippen molar-refractivity contribution in [3.05, 3.63) is 60.8 Å². The number of nitrogens with zero attached hydrogens (tertiary/aromatic N) is 1. The molecule has 8 nitrogen and oxygen atoms in total. The molecule has 0 radical (unpaired) electrons. The third-order valence-electron chi connectivity index (χ3n) is 11.4. The quantitative estimate of drug-likeness (QED) is 0.0273. The Morgan fingerprint density at radius 2 is 0.937 bits per heavy atom.